The maximum Gasteiger partial charge on any atom is 0.335 e. The molecule has 4 aliphatic carbocycles. The molecule has 208 valence electrons. The van der Waals surface area contributed by atoms with Crippen LogP contribution in [0.1, 0.15) is 44.1 Å². The highest BCUT2D eigenvalue weighted by molar-refractivity contribution is 9.10. The molecule has 4 bridgehead atoms. The second-order valence-electron chi connectivity index (χ2n) is 11.3. The molecule has 10 heteroatoms. The molecule has 4 amide bonds. The van der Waals surface area contributed by atoms with Crippen molar-refractivity contribution in [1.29, 1.82) is 0 Å². The normalized spacial score (nSPS) is 28.1. The van der Waals surface area contributed by atoms with E-state index < -0.39 is 23.3 Å². The Morgan fingerprint density at radius 1 is 0.975 bits per heavy atom. The smallest absolute Gasteiger partial charge is 0.335 e. The number of hydrogen-bond donors (Lipinski definition) is 1. The minimum atomic E-state index is -0.844. The predicted molar refractivity (Wildman–Crippen MR) is 149 cm³/mol. The van der Waals surface area contributed by atoms with Gasteiger partial charge in [-0.05, 0) is 120 Å². The summed E-state index contributed by atoms with van der Waals surface area (Å²) in [5.41, 5.74) is 0.0557. The van der Waals surface area contributed by atoms with E-state index in [1.807, 2.05) is 0 Å². The van der Waals surface area contributed by atoms with Crippen LogP contribution in [0.4, 0.5) is 10.5 Å². The van der Waals surface area contributed by atoms with Crippen molar-refractivity contribution in [1.82, 2.24) is 5.32 Å². The van der Waals surface area contributed by atoms with Crippen LogP contribution in [0.3, 0.4) is 0 Å². The summed E-state index contributed by atoms with van der Waals surface area (Å²) >= 11 is 3.50. The lowest BCUT2D eigenvalue weighted by Gasteiger charge is -2.55. The van der Waals surface area contributed by atoms with E-state index in [4.69, 9.17) is 14.2 Å². The van der Waals surface area contributed by atoms with Gasteiger partial charge < -0.3 is 14.2 Å². The predicted octanol–water partition coefficient (Wildman–Crippen LogP) is 5.25. The van der Waals surface area contributed by atoms with E-state index in [0.717, 1.165) is 24.2 Å². The van der Waals surface area contributed by atoms with Crippen molar-refractivity contribution >= 4 is 51.5 Å². The second-order valence-corrected chi connectivity index (χ2v) is 12.1. The fraction of sp³-hybridized carbons (Fsp3) is 0.400. The Kier molecular flexibility index (Phi) is 6.68. The number of nitrogens with one attached hydrogen (secondary N) is 1. The summed E-state index contributed by atoms with van der Waals surface area (Å²) in [6.07, 6.45) is 7.66. The number of nitrogens with zero attached hydrogens (tertiary/aromatic N) is 1. The molecule has 0 spiro atoms. The summed E-state index contributed by atoms with van der Waals surface area (Å²) in [5.74, 6) is 1.10. The molecule has 7 rings (SSSR count). The van der Waals surface area contributed by atoms with Gasteiger partial charge in [-0.3, -0.25) is 19.7 Å². The number of urea groups is 1. The quantitative estimate of drug-likeness (QED) is 0.206. The monoisotopic (exact) mass is 608 g/mol. The number of methoxy groups -OCH3 is 2. The van der Waals surface area contributed by atoms with E-state index in [0.29, 0.717) is 33.5 Å². The van der Waals surface area contributed by atoms with Crippen molar-refractivity contribution in [2.75, 3.05) is 19.1 Å². The lowest BCUT2D eigenvalue weighted by atomic mass is 9.49. The third-order valence-electron chi connectivity index (χ3n) is 8.66. The molecule has 5 aliphatic rings. The number of amides is 4. The summed E-state index contributed by atoms with van der Waals surface area (Å²) < 4.78 is 17.2. The first kappa shape index (κ1) is 26.6. The van der Waals surface area contributed by atoms with Crippen LogP contribution in [-0.2, 0) is 14.4 Å². The zero-order valence-electron chi connectivity index (χ0n) is 22.2. The molecule has 1 aliphatic heterocycles. The van der Waals surface area contributed by atoms with Gasteiger partial charge in [-0.25, -0.2) is 9.69 Å². The highest BCUT2D eigenvalue weighted by atomic mass is 79.9. The molecular weight excluding hydrogens is 580 g/mol. The maximum absolute atomic E-state index is 13.6. The first-order valence-electron chi connectivity index (χ1n) is 13.3. The van der Waals surface area contributed by atoms with Crippen molar-refractivity contribution in [3.63, 3.8) is 0 Å². The van der Waals surface area contributed by atoms with Gasteiger partial charge in [-0.2, -0.15) is 0 Å². The molecule has 0 aromatic heterocycles. The number of hydrogen-bond acceptors (Lipinski definition) is 7. The minimum Gasteiger partial charge on any atom is -0.497 e. The van der Waals surface area contributed by atoms with Gasteiger partial charge in [0, 0.05) is 0 Å². The number of anilines is 1. The summed E-state index contributed by atoms with van der Waals surface area (Å²) in [5, 5.41) is 2.22. The third kappa shape index (κ3) is 4.58. The SMILES string of the molecule is COc1ccc(N2C(=O)NC(=O)C(=Cc3cc(Br)c(OC(=O)C45CC6CC(CC(C6)C4)C5)c(OC)c3)C2=O)cc1. The molecular formula is C30H29BrN2O7. The fourth-order valence-electron chi connectivity index (χ4n) is 7.27. The number of halogens is 1. The molecule has 1 heterocycles. The van der Waals surface area contributed by atoms with Crippen molar-refractivity contribution in [3.8, 4) is 17.2 Å². The molecule has 0 atom stereocenters. The molecule has 1 saturated heterocycles. The number of benzene rings is 2. The Balaban J connectivity index is 1.27. The average Bonchev–Trinajstić information content (AvgIpc) is 2.91. The van der Waals surface area contributed by atoms with Crippen LogP contribution < -0.4 is 24.4 Å². The van der Waals surface area contributed by atoms with E-state index in [-0.39, 0.29) is 28.7 Å². The maximum atomic E-state index is 13.6. The molecule has 9 nitrogen and oxygen atoms in total. The van der Waals surface area contributed by atoms with Gasteiger partial charge in [0.2, 0.25) is 0 Å². The number of barbiturate groups is 1. The Hall–Kier alpha value is -3.66. The van der Waals surface area contributed by atoms with Gasteiger partial charge >= 0.3 is 12.0 Å². The molecule has 2 aromatic carbocycles. The number of rotatable bonds is 6. The average molecular weight is 609 g/mol. The van der Waals surface area contributed by atoms with Crippen LogP contribution in [0.2, 0.25) is 0 Å². The van der Waals surface area contributed by atoms with Gasteiger partial charge in [0.05, 0.1) is 29.8 Å². The standard InChI is InChI=1S/C30H29BrN2O7/c1-38-21-5-3-20(4-6-21)33-27(35)22(26(34)32-29(33)37)10-16-11-23(31)25(24(12-16)39-2)40-28(36)30-13-17-7-18(14-30)9-19(8-17)15-30/h3-6,10-12,17-19H,7-9,13-15H2,1-2H3,(H,32,34,37). The van der Waals surface area contributed by atoms with Crippen molar-refractivity contribution < 1.29 is 33.4 Å². The third-order valence-corrected chi connectivity index (χ3v) is 9.25. The zero-order chi connectivity index (χ0) is 28.2. The summed E-state index contributed by atoms with van der Waals surface area (Å²) in [4.78, 5) is 53.0. The Labute approximate surface area is 240 Å². The van der Waals surface area contributed by atoms with Crippen LogP contribution in [0.25, 0.3) is 6.08 Å². The molecule has 40 heavy (non-hydrogen) atoms. The minimum absolute atomic E-state index is 0.216. The van der Waals surface area contributed by atoms with Gasteiger partial charge in [0.25, 0.3) is 11.8 Å². The Morgan fingerprint density at radius 3 is 2.17 bits per heavy atom. The number of imide groups is 2. The highest BCUT2D eigenvalue weighted by Crippen LogP contribution is 2.60. The van der Waals surface area contributed by atoms with Crippen LogP contribution in [0.5, 0.6) is 17.2 Å². The van der Waals surface area contributed by atoms with E-state index >= 15 is 0 Å². The summed E-state index contributed by atoms with van der Waals surface area (Å²) in [6.45, 7) is 0. The van der Waals surface area contributed by atoms with Gasteiger partial charge in [-0.15, -0.1) is 0 Å². The topological polar surface area (TPSA) is 111 Å². The lowest BCUT2D eigenvalue weighted by molar-refractivity contribution is -0.161. The van der Waals surface area contributed by atoms with Crippen molar-refractivity contribution in [2.24, 2.45) is 23.2 Å². The second kappa shape index (κ2) is 10.1. The molecule has 2 aromatic rings. The molecule has 0 radical (unpaired) electrons. The van der Waals surface area contributed by atoms with Gasteiger partial charge in [0.15, 0.2) is 11.5 Å². The van der Waals surface area contributed by atoms with Crippen LogP contribution >= 0.6 is 15.9 Å². The fourth-order valence-corrected chi connectivity index (χ4v) is 7.81. The molecule has 5 fully saturated rings. The lowest BCUT2D eigenvalue weighted by Crippen LogP contribution is -2.54. The van der Waals surface area contributed by atoms with E-state index in [9.17, 15) is 19.2 Å². The van der Waals surface area contributed by atoms with E-state index in [1.165, 1.54) is 39.6 Å². The van der Waals surface area contributed by atoms with Gasteiger partial charge in [-0.1, -0.05) is 0 Å². The number of carbonyl (C=O) groups excluding carboxylic acids is 4. The highest BCUT2D eigenvalue weighted by Gasteiger charge is 2.55. The summed E-state index contributed by atoms with van der Waals surface area (Å²) in [7, 11) is 2.97. The number of carbonyl (C=O) groups is 4. The van der Waals surface area contributed by atoms with Crippen LogP contribution in [0, 0.1) is 23.2 Å². The molecule has 0 unspecified atom stereocenters. The number of esters is 1. The Bertz CT molecular complexity index is 1410. The number of ether oxygens (including phenoxy) is 3. The van der Waals surface area contributed by atoms with Crippen LogP contribution in [0.15, 0.2) is 46.4 Å². The van der Waals surface area contributed by atoms with Gasteiger partial charge in [0.1, 0.15) is 11.3 Å². The largest absolute Gasteiger partial charge is 0.497 e. The Morgan fingerprint density at radius 2 is 1.60 bits per heavy atom. The van der Waals surface area contributed by atoms with E-state index in [2.05, 4.69) is 21.2 Å². The first-order valence-corrected chi connectivity index (χ1v) is 14.1. The van der Waals surface area contributed by atoms with Crippen LogP contribution in [-0.4, -0.2) is 38.0 Å². The summed E-state index contributed by atoms with van der Waals surface area (Å²) in [6, 6.07) is 8.72. The first-order chi connectivity index (χ1) is 19.2. The molecule has 1 N–H and O–H groups in total. The van der Waals surface area contributed by atoms with Crippen molar-refractivity contribution in [2.45, 2.75) is 38.5 Å². The van der Waals surface area contributed by atoms with E-state index in [1.54, 1.807) is 36.4 Å². The zero-order valence-corrected chi connectivity index (χ0v) is 23.8. The van der Waals surface area contributed by atoms with Crippen molar-refractivity contribution in [3.05, 3.63) is 52.0 Å². The molecule has 4 saturated carbocycles.